The van der Waals surface area contributed by atoms with E-state index in [-0.39, 0.29) is 5.91 Å². The molecule has 1 aliphatic heterocycles. The normalized spacial score (nSPS) is 15.1. The number of benzene rings is 1. The molecule has 1 aromatic carbocycles. The highest BCUT2D eigenvalue weighted by atomic mass is 16.5. The van der Waals surface area contributed by atoms with Crippen molar-refractivity contribution in [3.05, 3.63) is 53.7 Å². The SMILES string of the molecule is COc1cccc(C(=O)N2CCCN(c3cccc(C)n3)CC2)c1. The summed E-state index contributed by atoms with van der Waals surface area (Å²) in [7, 11) is 1.61. The van der Waals surface area contributed by atoms with Gasteiger partial charge in [0, 0.05) is 37.4 Å². The summed E-state index contributed by atoms with van der Waals surface area (Å²) in [6.07, 6.45) is 0.936. The van der Waals surface area contributed by atoms with Gasteiger partial charge in [0.2, 0.25) is 0 Å². The second-order valence-corrected chi connectivity index (χ2v) is 6.00. The van der Waals surface area contributed by atoms with Crippen molar-refractivity contribution in [2.45, 2.75) is 13.3 Å². The molecule has 0 spiro atoms. The van der Waals surface area contributed by atoms with E-state index in [1.54, 1.807) is 13.2 Å². The molecule has 0 bridgehead atoms. The first-order chi connectivity index (χ1) is 11.7. The number of pyridine rings is 1. The predicted octanol–water partition coefficient (Wildman–Crippen LogP) is 2.75. The molecule has 1 saturated heterocycles. The molecule has 0 N–H and O–H groups in total. The minimum Gasteiger partial charge on any atom is -0.497 e. The molecule has 5 nitrogen and oxygen atoms in total. The van der Waals surface area contributed by atoms with Gasteiger partial charge in [-0.2, -0.15) is 0 Å². The molecule has 1 amide bonds. The number of carbonyl (C=O) groups is 1. The minimum atomic E-state index is 0.0629. The zero-order valence-corrected chi connectivity index (χ0v) is 14.2. The second-order valence-electron chi connectivity index (χ2n) is 6.00. The molecule has 0 saturated carbocycles. The number of aryl methyl sites for hydroxylation is 1. The quantitative estimate of drug-likeness (QED) is 0.870. The third kappa shape index (κ3) is 3.67. The van der Waals surface area contributed by atoms with Crippen molar-refractivity contribution < 1.29 is 9.53 Å². The summed E-state index contributed by atoms with van der Waals surface area (Å²) in [5, 5.41) is 0. The van der Waals surface area contributed by atoms with E-state index >= 15 is 0 Å². The molecule has 1 aliphatic rings. The Morgan fingerprint density at radius 1 is 1.08 bits per heavy atom. The van der Waals surface area contributed by atoms with Gasteiger partial charge in [-0.1, -0.05) is 12.1 Å². The Labute approximate surface area is 142 Å². The molecule has 0 atom stereocenters. The monoisotopic (exact) mass is 325 g/mol. The molecule has 2 aromatic rings. The third-order valence-corrected chi connectivity index (χ3v) is 4.30. The topological polar surface area (TPSA) is 45.7 Å². The van der Waals surface area contributed by atoms with Crippen LogP contribution in [0.25, 0.3) is 0 Å². The van der Waals surface area contributed by atoms with Crippen molar-refractivity contribution in [2.24, 2.45) is 0 Å². The minimum absolute atomic E-state index is 0.0629. The number of ether oxygens (including phenoxy) is 1. The average Bonchev–Trinajstić information content (AvgIpc) is 2.87. The molecule has 2 heterocycles. The van der Waals surface area contributed by atoms with Crippen LogP contribution in [-0.2, 0) is 0 Å². The van der Waals surface area contributed by atoms with Crippen molar-refractivity contribution in [1.29, 1.82) is 0 Å². The Morgan fingerprint density at radius 3 is 2.71 bits per heavy atom. The van der Waals surface area contributed by atoms with E-state index in [1.807, 2.05) is 48.2 Å². The molecule has 3 rings (SSSR count). The summed E-state index contributed by atoms with van der Waals surface area (Å²) in [5.41, 5.74) is 1.69. The number of hydrogen-bond acceptors (Lipinski definition) is 4. The first kappa shape index (κ1) is 16.3. The second kappa shape index (κ2) is 7.34. The van der Waals surface area contributed by atoms with Crippen LogP contribution < -0.4 is 9.64 Å². The van der Waals surface area contributed by atoms with Crippen molar-refractivity contribution in [2.75, 3.05) is 38.2 Å². The fraction of sp³-hybridized carbons (Fsp3) is 0.368. The Morgan fingerprint density at radius 2 is 1.92 bits per heavy atom. The van der Waals surface area contributed by atoms with Gasteiger partial charge in [-0.05, 0) is 43.7 Å². The number of nitrogens with zero attached hydrogens (tertiary/aromatic N) is 3. The summed E-state index contributed by atoms with van der Waals surface area (Å²) < 4.78 is 5.22. The van der Waals surface area contributed by atoms with Gasteiger partial charge in [0.15, 0.2) is 0 Å². The van der Waals surface area contributed by atoms with Gasteiger partial charge in [0.05, 0.1) is 7.11 Å². The number of rotatable bonds is 3. The van der Waals surface area contributed by atoms with E-state index in [9.17, 15) is 4.79 Å². The molecule has 0 aliphatic carbocycles. The standard InChI is InChI=1S/C19H23N3O2/c1-15-6-3-9-18(20-15)21-10-5-11-22(13-12-21)19(23)16-7-4-8-17(14-16)24-2/h3-4,6-9,14H,5,10-13H2,1-2H3. The highest BCUT2D eigenvalue weighted by Crippen LogP contribution is 2.18. The Balaban J connectivity index is 1.69. The van der Waals surface area contributed by atoms with Crippen molar-refractivity contribution >= 4 is 11.7 Å². The average molecular weight is 325 g/mol. The number of amides is 1. The van der Waals surface area contributed by atoms with Gasteiger partial charge < -0.3 is 14.5 Å². The Hall–Kier alpha value is -2.56. The van der Waals surface area contributed by atoms with Crippen molar-refractivity contribution in [3.8, 4) is 5.75 Å². The number of anilines is 1. The summed E-state index contributed by atoms with van der Waals surface area (Å²) in [4.78, 5) is 21.5. The molecule has 24 heavy (non-hydrogen) atoms. The van der Waals surface area contributed by atoms with Crippen molar-refractivity contribution in [3.63, 3.8) is 0 Å². The number of carbonyl (C=O) groups excluding carboxylic acids is 1. The molecular weight excluding hydrogens is 302 g/mol. The highest BCUT2D eigenvalue weighted by Gasteiger charge is 2.21. The number of methoxy groups -OCH3 is 1. The maximum Gasteiger partial charge on any atom is 0.254 e. The fourth-order valence-electron chi connectivity index (χ4n) is 2.99. The summed E-state index contributed by atoms with van der Waals surface area (Å²) in [5.74, 6) is 1.76. The van der Waals surface area contributed by atoms with Crippen LogP contribution in [0.5, 0.6) is 5.75 Å². The van der Waals surface area contributed by atoms with E-state index in [2.05, 4.69) is 9.88 Å². The lowest BCUT2D eigenvalue weighted by Gasteiger charge is -2.23. The van der Waals surface area contributed by atoms with Gasteiger partial charge in [0.25, 0.3) is 5.91 Å². The van der Waals surface area contributed by atoms with E-state index in [0.717, 1.165) is 37.6 Å². The lowest BCUT2D eigenvalue weighted by atomic mass is 10.2. The lowest BCUT2D eigenvalue weighted by Crippen LogP contribution is -2.35. The van der Waals surface area contributed by atoms with Crippen LogP contribution in [0.4, 0.5) is 5.82 Å². The molecule has 0 radical (unpaired) electrons. The molecule has 1 aromatic heterocycles. The first-order valence-electron chi connectivity index (χ1n) is 8.29. The van der Waals surface area contributed by atoms with Crippen LogP contribution in [0, 0.1) is 6.92 Å². The van der Waals surface area contributed by atoms with Crippen LogP contribution >= 0.6 is 0 Å². The van der Waals surface area contributed by atoms with Gasteiger partial charge >= 0.3 is 0 Å². The van der Waals surface area contributed by atoms with Crippen LogP contribution in [0.1, 0.15) is 22.5 Å². The van der Waals surface area contributed by atoms with Crippen LogP contribution in [0.15, 0.2) is 42.5 Å². The highest BCUT2D eigenvalue weighted by molar-refractivity contribution is 5.94. The van der Waals surface area contributed by atoms with Crippen LogP contribution in [0.3, 0.4) is 0 Å². The van der Waals surface area contributed by atoms with E-state index in [0.29, 0.717) is 17.9 Å². The number of aromatic nitrogens is 1. The van der Waals surface area contributed by atoms with E-state index < -0.39 is 0 Å². The predicted molar refractivity (Wildman–Crippen MR) is 94.7 cm³/mol. The zero-order chi connectivity index (χ0) is 16.9. The number of hydrogen-bond donors (Lipinski definition) is 0. The van der Waals surface area contributed by atoms with Gasteiger partial charge in [-0.25, -0.2) is 4.98 Å². The van der Waals surface area contributed by atoms with Crippen LogP contribution in [-0.4, -0.2) is 49.1 Å². The van der Waals surface area contributed by atoms with Gasteiger partial charge in [-0.15, -0.1) is 0 Å². The third-order valence-electron chi connectivity index (χ3n) is 4.30. The van der Waals surface area contributed by atoms with E-state index in [4.69, 9.17) is 4.74 Å². The molecule has 0 unspecified atom stereocenters. The molecule has 126 valence electrons. The van der Waals surface area contributed by atoms with E-state index in [1.165, 1.54) is 0 Å². The maximum atomic E-state index is 12.8. The molecule has 5 heteroatoms. The lowest BCUT2D eigenvalue weighted by molar-refractivity contribution is 0.0766. The summed E-state index contributed by atoms with van der Waals surface area (Å²) in [6, 6.07) is 13.4. The zero-order valence-electron chi connectivity index (χ0n) is 14.2. The fourth-order valence-corrected chi connectivity index (χ4v) is 2.99. The summed E-state index contributed by atoms with van der Waals surface area (Å²) >= 11 is 0. The first-order valence-corrected chi connectivity index (χ1v) is 8.29. The largest absolute Gasteiger partial charge is 0.497 e. The van der Waals surface area contributed by atoms with Gasteiger partial charge in [-0.3, -0.25) is 4.79 Å². The maximum absolute atomic E-state index is 12.8. The smallest absolute Gasteiger partial charge is 0.254 e. The molecular formula is C19H23N3O2. The Kier molecular flexibility index (Phi) is 4.99. The molecule has 1 fully saturated rings. The van der Waals surface area contributed by atoms with Crippen molar-refractivity contribution in [1.82, 2.24) is 9.88 Å². The Bertz CT molecular complexity index is 717. The van der Waals surface area contributed by atoms with Crippen LogP contribution in [0.2, 0.25) is 0 Å². The van der Waals surface area contributed by atoms with Gasteiger partial charge in [0.1, 0.15) is 11.6 Å². The summed E-state index contributed by atoms with van der Waals surface area (Å²) in [6.45, 7) is 5.18.